The van der Waals surface area contributed by atoms with Crippen LogP contribution < -0.4 is 20.7 Å². The van der Waals surface area contributed by atoms with E-state index < -0.39 is 6.23 Å². The molecule has 2 aliphatic heterocycles. The van der Waals surface area contributed by atoms with E-state index in [2.05, 4.69) is 36.8 Å². The van der Waals surface area contributed by atoms with Crippen LogP contribution in [0.2, 0.25) is 5.15 Å². The predicted molar refractivity (Wildman–Crippen MR) is 134 cm³/mol. The molecule has 3 aromatic rings. The lowest BCUT2D eigenvalue weighted by Gasteiger charge is -2.21. The smallest absolute Gasteiger partial charge is 0.255 e. The lowest BCUT2D eigenvalue weighted by molar-refractivity contribution is 0.139. The maximum atomic E-state index is 10.7. The van der Waals surface area contributed by atoms with Crippen molar-refractivity contribution in [3.63, 3.8) is 0 Å². The molecule has 0 spiro atoms. The number of thiophene rings is 1. The number of anilines is 2. The number of benzene rings is 1. The van der Waals surface area contributed by atoms with Gasteiger partial charge in [0.05, 0.1) is 23.2 Å². The molecule has 0 fully saturated rings. The Morgan fingerprint density at radius 1 is 1.32 bits per heavy atom. The first kappa shape index (κ1) is 22.8. The molecule has 1 unspecified atom stereocenters. The van der Waals surface area contributed by atoms with Gasteiger partial charge in [-0.1, -0.05) is 17.5 Å². The van der Waals surface area contributed by atoms with Crippen molar-refractivity contribution in [1.82, 2.24) is 15.3 Å². The van der Waals surface area contributed by atoms with Crippen molar-refractivity contribution in [1.29, 1.82) is 0 Å². The summed E-state index contributed by atoms with van der Waals surface area (Å²) >= 11 is 7.69. The molecule has 0 bridgehead atoms. The minimum absolute atomic E-state index is 0.229. The number of amidine groups is 1. The van der Waals surface area contributed by atoms with E-state index in [1.807, 2.05) is 12.1 Å². The van der Waals surface area contributed by atoms with E-state index in [4.69, 9.17) is 27.5 Å². The largest absolute Gasteiger partial charge is 0.475 e. The maximum Gasteiger partial charge on any atom is 0.255 e. The first-order valence-corrected chi connectivity index (χ1v) is 12.0. The second kappa shape index (κ2) is 9.74. The summed E-state index contributed by atoms with van der Waals surface area (Å²) in [6, 6.07) is 5.38. The van der Waals surface area contributed by atoms with Crippen LogP contribution in [0.15, 0.2) is 23.2 Å². The van der Waals surface area contributed by atoms with E-state index in [9.17, 15) is 5.11 Å². The number of rotatable bonds is 5. The van der Waals surface area contributed by atoms with E-state index in [0.29, 0.717) is 32.1 Å². The van der Waals surface area contributed by atoms with E-state index in [0.717, 1.165) is 38.6 Å². The highest BCUT2D eigenvalue weighted by Crippen LogP contribution is 2.45. The maximum absolute atomic E-state index is 10.7. The van der Waals surface area contributed by atoms with Crippen molar-refractivity contribution in [3.05, 3.63) is 33.8 Å². The fourth-order valence-corrected chi connectivity index (χ4v) is 5.39. The number of fused-ring (bicyclic) bond motifs is 5. The zero-order chi connectivity index (χ0) is 23.7. The predicted octanol–water partition coefficient (Wildman–Crippen LogP) is 3.47. The minimum atomic E-state index is -0.812. The summed E-state index contributed by atoms with van der Waals surface area (Å²) in [5.41, 5.74) is 3.06. The summed E-state index contributed by atoms with van der Waals surface area (Å²) in [5.74, 6) is 3.98. The van der Waals surface area contributed by atoms with E-state index >= 15 is 0 Å². The van der Waals surface area contributed by atoms with Gasteiger partial charge in [-0.15, -0.1) is 17.8 Å². The van der Waals surface area contributed by atoms with Crippen molar-refractivity contribution in [2.45, 2.75) is 25.1 Å². The zero-order valence-corrected chi connectivity index (χ0v) is 20.0. The highest BCUT2D eigenvalue weighted by Gasteiger charge is 2.28. The van der Waals surface area contributed by atoms with Crippen LogP contribution in [0.5, 0.6) is 5.88 Å². The average Bonchev–Trinajstić information content (AvgIpc) is 3.13. The van der Waals surface area contributed by atoms with Gasteiger partial charge in [-0.3, -0.25) is 5.32 Å². The van der Waals surface area contributed by atoms with Crippen molar-refractivity contribution in [3.8, 4) is 18.2 Å². The Bertz CT molecular complexity index is 1300. The Hall–Kier alpha value is -2.94. The molecule has 0 saturated heterocycles. The van der Waals surface area contributed by atoms with Gasteiger partial charge in [0, 0.05) is 41.9 Å². The Morgan fingerprint density at radius 3 is 3.03 bits per heavy atom. The topological polar surface area (TPSA) is 113 Å². The Labute approximate surface area is 205 Å². The van der Waals surface area contributed by atoms with E-state index in [-0.39, 0.29) is 17.1 Å². The van der Waals surface area contributed by atoms with Crippen LogP contribution >= 0.6 is 22.9 Å². The summed E-state index contributed by atoms with van der Waals surface area (Å²) in [6.07, 6.45) is 6.20. The fourth-order valence-electron chi connectivity index (χ4n) is 4.06. The van der Waals surface area contributed by atoms with E-state index in [1.165, 1.54) is 5.56 Å². The van der Waals surface area contributed by atoms with Gasteiger partial charge in [-0.25, -0.2) is 0 Å². The molecule has 1 aromatic carbocycles. The molecular formula is C23H23ClN6O3S. The number of aryl methyl sites for hydroxylation is 1. The van der Waals surface area contributed by atoms with Crippen molar-refractivity contribution in [2.24, 2.45) is 4.99 Å². The van der Waals surface area contributed by atoms with Crippen LogP contribution in [-0.2, 0) is 11.2 Å². The summed E-state index contributed by atoms with van der Waals surface area (Å²) in [5, 5.41) is 21.9. The van der Waals surface area contributed by atoms with Crippen LogP contribution in [0.4, 0.5) is 17.3 Å². The quantitative estimate of drug-likeness (QED) is 0.240. The van der Waals surface area contributed by atoms with Gasteiger partial charge < -0.3 is 25.2 Å². The van der Waals surface area contributed by atoms with Crippen LogP contribution in [0.3, 0.4) is 0 Å². The number of ether oxygens (including phenoxy) is 2. The highest BCUT2D eigenvalue weighted by molar-refractivity contribution is 7.20. The summed E-state index contributed by atoms with van der Waals surface area (Å²) in [4.78, 5) is 13.9. The minimum Gasteiger partial charge on any atom is -0.475 e. The van der Waals surface area contributed by atoms with Crippen molar-refractivity contribution < 1.29 is 14.6 Å². The van der Waals surface area contributed by atoms with Gasteiger partial charge in [-0.05, 0) is 24.1 Å². The molecule has 176 valence electrons. The Balaban J connectivity index is 1.44. The number of aliphatic hydroxyl groups excluding tert-OH is 1. The third-order valence-electron chi connectivity index (χ3n) is 5.61. The van der Waals surface area contributed by atoms with Crippen molar-refractivity contribution >= 4 is 56.2 Å². The number of hydrogen-bond acceptors (Lipinski definition) is 9. The van der Waals surface area contributed by atoms with Gasteiger partial charge in [0.2, 0.25) is 5.88 Å². The second-order valence-electron chi connectivity index (χ2n) is 7.83. The van der Waals surface area contributed by atoms with Gasteiger partial charge in [0.1, 0.15) is 23.8 Å². The van der Waals surface area contributed by atoms with Crippen LogP contribution in [0.25, 0.3) is 10.1 Å². The molecule has 2 aliphatic rings. The molecule has 2 aromatic heterocycles. The van der Waals surface area contributed by atoms with E-state index in [1.54, 1.807) is 24.5 Å². The Morgan fingerprint density at radius 2 is 2.21 bits per heavy atom. The first-order valence-electron chi connectivity index (χ1n) is 10.8. The molecule has 9 nitrogen and oxygen atoms in total. The fraction of sp³-hybridized carbons (Fsp3) is 0.348. The number of terminal acetylenes is 1. The molecule has 5 rings (SSSR count). The molecule has 0 saturated carbocycles. The first-order chi connectivity index (χ1) is 16.6. The third kappa shape index (κ3) is 4.53. The van der Waals surface area contributed by atoms with Gasteiger partial charge in [0.15, 0.2) is 0 Å². The molecular weight excluding hydrogens is 476 g/mol. The monoisotopic (exact) mass is 498 g/mol. The number of methoxy groups -OCH3 is 1. The number of nitrogens with zero attached hydrogens (tertiary/aromatic N) is 3. The number of nitrogens with one attached hydrogen (secondary N) is 3. The van der Waals surface area contributed by atoms with Crippen molar-refractivity contribution in [2.75, 3.05) is 37.5 Å². The Kier molecular flexibility index (Phi) is 6.54. The number of aliphatic imine (C=N–C) groups is 1. The molecule has 0 aliphatic carbocycles. The lowest BCUT2D eigenvalue weighted by Crippen LogP contribution is -2.34. The van der Waals surface area contributed by atoms with Crippen LogP contribution in [0.1, 0.15) is 23.1 Å². The molecule has 2 atom stereocenters. The number of hydrogen-bond donors (Lipinski definition) is 4. The lowest BCUT2D eigenvalue weighted by atomic mass is 9.98. The zero-order valence-electron chi connectivity index (χ0n) is 18.4. The SMILES string of the molecule is C#C[C@@H]1CNc2c(sc3ccc4c(c23)CCC(=Nc2nc(Cl)cc(OCCOC)n2)N4)C(O)N1. The van der Waals surface area contributed by atoms with Gasteiger partial charge in [0.25, 0.3) is 5.95 Å². The second-order valence-corrected chi connectivity index (χ2v) is 9.30. The summed E-state index contributed by atoms with van der Waals surface area (Å²) in [7, 11) is 1.60. The number of aliphatic hydroxyl groups is 1. The average molecular weight is 499 g/mol. The summed E-state index contributed by atoms with van der Waals surface area (Å²) < 4.78 is 11.6. The standard InChI is InChI=1S/C23H23ClN6O3S/c1-3-12-11-25-20-19-13-4-7-17(27-14(13)5-6-15(19)34-21(20)22(31)26-12)29-23-28-16(24)10-18(30-23)33-9-8-32-2/h1,5-6,10,12,22,25-26,31H,4,7-9,11H2,2H3,(H,27,28,29,30)/t12-,22?/m1/s1. The molecule has 34 heavy (non-hydrogen) atoms. The van der Waals surface area contributed by atoms with Gasteiger partial charge in [-0.2, -0.15) is 15.0 Å². The molecule has 4 heterocycles. The van der Waals surface area contributed by atoms with Crippen LogP contribution in [-0.4, -0.2) is 53.8 Å². The van der Waals surface area contributed by atoms with Gasteiger partial charge >= 0.3 is 0 Å². The molecule has 4 N–H and O–H groups in total. The molecule has 0 amide bonds. The highest BCUT2D eigenvalue weighted by atomic mass is 35.5. The number of halogens is 1. The molecule has 11 heteroatoms. The molecule has 0 radical (unpaired) electrons. The van der Waals surface area contributed by atoms with Crippen LogP contribution in [0, 0.1) is 12.3 Å². The normalized spacial score (nSPS) is 20.6. The third-order valence-corrected chi connectivity index (χ3v) is 7.01. The summed E-state index contributed by atoms with van der Waals surface area (Å²) in [6.45, 7) is 1.33. The number of aromatic nitrogens is 2.